The molecule has 186 valence electrons. The van der Waals surface area contributed by atoms with Gasteiger partial charge in [0, 0.05) is 35.8 Å². The first-order valence-electron chi connectivity index (χ1n) is 12.4. The van der Waals surface area contributed by atoms with Gasteiger partial charge in [-0.2, -0.15) is 5.10 Å². The molecule has 3 aromatic heterocycles. The molecule has 2 aliphatic rings. The molecule has 0 amide bonds. The molecule has 0 spiro atoms. The molecular formula is C28H25FN6O2. The van der Waals surface area contributed by atoms with E-state index >= 15 is 4.39 Å². The molecule has 0 bridgehead atoms. The van der Waals surface area contributed by atoms with Crippen LogP contribution in [0.15, 0.2) is 61.3 Å². The summed E-state index contributed by atoms with van der Waals surface area (Å²) in [6.45, 7) is 2.06. The Hall–Kier alpha value is -4.11. The van der Waals surface area contributed by atoms with Crippen LogP contribution in [0.2, 0.25) is 0 Å². The van der Waals surface area contributed by atoms with Crippen molar-refractivity contribution in [2.75, 3.05) is 25.1 Å². The summed E-state index contributed by atoms with van der Waals surface area (Å²) in [6, 6.07) is 10.9. The van der Waals surface area contributed by atoms with Crippen LogP contribution in [0.25, 0.3) is 32.9 Å². The maximum atomic E-state index is 15.4. The van der Waals surface area contributed by atoms with E-state index in [2.05, 4.69) is 25.4 Å². The lowest BCUT2D eigenvalue weighted by atomic mass is 9.63. The van der Waals surface area contributed by atoms with Crippen molar-refractivity contribution in [3.05, 3.63) is 67.1 Å². The van der Waals surface area contributed by atoms with E-state index in [1.54, 1.807) is 35.1 Å². The minimum atomic E-state index is -0.383. The summed E-state index contributed by atoms with van der Waals surface area (Å²) in [6.07, 6.45) is 9.16. The zero-order chi connectivity index (χ0) is 25.0. The van der Waals surface area contributed by atoms with Crippen LogP contribution in [0.3, 0.4) is 0 Å². The quantitative estimate of drug-likeness (QED) is 0.343. The van der Waals surface area contributed by atoms with Crippen LogP contribution < -0.4 is 10.1 Å². The molecule has 1 N–H and O–H groups in total. The highest BCUT2D eigenvalue weighted by molar-refractivity contribution is 5.99. The fourth-order valence-corrected chi connectivity index (χ4v) is 5.50. The molecule has 0 radical (unpaired) electrons. The number of benzene rings is 2. The summed E-state index contributed by atoms with van der Waals surface area (Å²) in [7, 11) is 1.88. The number of hydrogen-bond donors (Lipinski definition) is 1. The Balaban J connectivity index is 1.33. The van der Waals surface area contributed by atoms with E-state index in [0.29, 0.717) is 51.6 Å². The second kappa shape index (κ2) is 8.48. The summed E-state index contributed by atoms with van der Waals surface area (Å²) in [5.74, 6) is 1.28. The van der Waals surface area contributed by atoms with Crippen molar-refractivity contribution in [2.24, 2.45) is 18.4 Å². The van der Waals surface area contributed by atoms with Gasteiger partial charge in [0.25, 0.3) is 0 Å². The summed E-state index contributed by atoms with van der Waals surface area (Å²) >= 11 is 0. The standard InChI is InChI=1S/C28H25FN6O2/c1-35-12-18(11-33-35)17-9-23-25(24(10-17)37-15-28-7-6-19(28)13-36-14-28)27(32-16-31-23)34-22-5-4-21-20(26(22)29)3-2-8-30-21/h2-5,8-12,16,19H,6-7,13-15H2,1H3,(H,31,32,34)/t19-,28+/m0/s1. The molecule has 1 aliphatic heterocycles. The zero-order valence-electron chi connectivity index (χ0n) is 20.3. The molecule has 4 heterocycles. The number of nitrogens with one attached hydrogen (secondary N) is 1. The van der Waals surface area contributed by atoms with E-state index in [1.165, 1.54) is 12.7 Å². The van der Waals surface area contributed by atoms with E-state index in [0.717, 1.165) is 30.8 Å². The topological polar surface area (TPSA) is 87.0 Å². The van der Waals surface area contributed by atoms with E-state index in [-0.39, 0.29) is 11.2 Å². The first-order valence-corrected chi connectivity index (χ1v) is 12.4. The predicted octanol–water partition coefficient (Wildman–Crippen LogP) is 5.27. The van der Waals surface area contributed by atoms with Crippen molar-refractivity contribution < 1.29 is 13.9 Å². The lowest BCUT2D eigenvalue weighted by Gasteiger charge is -2.42. The van der Waals surface area contributed by atoms with Crippen molar-refractivity contribution >= 4 is 33.3 Å². The molecule has 8 nitrogen and oxygen atoms in total. The number of halogens is 1. The van der Waals surface area contributed by atoms with Crippen LogP contribution in [0.4, 0.5) is 15.9 Å². The van der Waals surface area contributed by atoms with E-state index in [9.17, 15) is 0 Å². The number of hydrogen-bond acceptors (Lipinski definition) is 7. The average Bonchev–Trinajstić information content (AvgIpc) is 3.47. The molecular weight excluding hydrogens is 471 g/mol. The number of aromatic nitrogens is 5. The normalized spacial score (nSPS) is 20.6. The molecule has 37 heavy (non-hydrogen) atoms. The maximum absolute atomic E-state index is 15.4. The maximum Gasteiger partial charge on any atom is 0.156 e. The van der Waals surface area contributed by atoms with Gasteiger partial charge in [0.15, 0.2) is 5.82 Å². The minimum Gasteiger partial charge on any atom is -0.492 e. The van der Waals surface area contributed by atoms with Gasteiger partial charge < -0.3 is 14.8 Å². The molecule has 2 fully saturated rings. The molecule has 2 atom stereocenters. The average molecular weight is 497 g/mol. The Kier molecular flexibility index (Phi) is 5.07. The Labute approximate surface area is 212 Å². The largest absolute Gasteiger partial charge is 0.492 e. The summed E-state index contributed by atoms with van der Waals surface area (Å²) in [5, 5.41) is 8.66. The van der Waals surface area contributed by atoms with Crippen LogP contribution in [-0.2, 0) is 11.8 Å². The van der Waals surface area contributed by atoms with Crippen LogP contribution in [0.1, 0.15) is 12.8 Å². The van der Waals surface area contributed by atoms with Crippen molar-refractivity contribution in [1.82, 2.24) is 24.7 Å². The molecule has 1 saturated carbocycles. The highest BCUT2D eigenvalue weighted by Gasteiger charge is 2.51. The van der Waals surface area contributed by atoms with Crippen molar-refractivity contribution in [2.45, 2.75) is 12.8 Å². The highest BCUT2D eigenvalue weighted by Crippen LogP contribution is 2.51. The van der Waals surface area contributed by atoms with Gasteiger partial charge in [0.1, 0.15) is 17.9 Å². The molecule has 9 heteroatoms. The molecule has 7 rings (SSSR count). The SMILES string of the molecule is Cn1cc(-c2cc(OC[C@]34CC[C@H]3COC4)c3c(Nc4ccc5ncccc5c4F)ncnc3c2)cn1. The third kappa shape index (κ3) is 3.69. The monoisotopic (exact) mass is 496 g/mol. The summed E-state index contributed by atoms with van der Waals surface area (Å²) < 4.78 is 29.5. The van der Waals surface area contributed by atoms with Gasteiger partial charge in [-0.3, -0.25) is 9.67 Å². The van der Waals surface area contributed by atoms with E-state index in [4.69, 9.17) is 9.47 Å². The molecule has 2 aromatic carbocycles. The van der Waals surface area contributed by atoms with Gasteiger partial charge in [0.05, 0.1) is 48.1 Å². The van der Waals surface area contributed by atoms with Crippen LogP contribution in [-0.4, -0.2) is 44.6 Å². The fourth-order valence-electron chi connectivity index (χ4n) is 5.50. The van der Waals surface area contributed by atoms with Gasteiger partial charge >= 0.3 is 0 Å². The fraction of sp³-hybridized carbons (Fsp3) is 0.286. The van der Waals surface area contributed by atoms with Crippen LogP contribution in [0, 0.1) is 17.2 Å². The number of rotatable bonds is 6. The molecule has 1 saturated heterocycles. The second-order valence-electron chi connectivity index (χ2n) is 10.0. The Morgan fingerprint density at radius 3 is 2.92 bits per heavy atom. The van der Waals surface area contributed by atoms with Crippen LogP contribution >= 0.6 is 0 Å². The number of fused-ring (bicyclic) bond motifs is 3. The predicted molar refractivity (Wildman–Crippen MR) is 138 cm³/mol. The van der Waals surface area contributed by atoms with Crippen LogP contribution in [0.5, 0.6) is 5.75 Å². The Morgan fingerprint density at radius 2 is 2.11 bits per heavy atom. The Morgan fingerprint density at radius 1 is 1.16 bits per heavy atom. The van der Waals surface area contributed by atoms with Gasteiger partial charge in [-0.15, -0.1) is 0 Å². The van der Waals surface area contributed by atoms with Gasteiger partial charge in [-0.1, -0.05) is 0 Å². The number of pyridine rings is 1. The smallest absolute Gasteiger partial charge is 0.156 e. The summed E-state index contributed by atoms with van der Waals surface area (Å²) in [5.41, 5.74) is 3.55. The highest BCUT2D eigenvalue weighted by atomic mass is 19.1. The Bertz CT molecular complexity index is 1650. The van der Waals surface area contributed by atoms with Gasteiger partial charge in [0.2, 0.25) is 0 Å². The summed E-state index contributed by atoms with van der Waals surface area (Å²) in [4.78, 5) is 13.3. The first kappa shape index (κ1) is 22.1. The number of anilines is 2. The van der Waals surface area contributed by atoms with E-state index < -0.39 is 0 Å². The van der Waals surface area contributed by atoms with Gasteiger partial charge in [-0.05, 0) is 60.7 Å². The molecule has 1 aliphatic carbocycles. The third-order valence-corrected chi connectivity index (χ3v) is 7.79. The van der Waals surface area contributed by atoms with Crippen molar-refractivity contribution in [3.63, 3.8) is 0 Å². The zero-order valence-corrected chi connectivity index (χ0v) is 20.3. The lowest BCUT2D eigenvalue weighted by Crippen LogP contribution is -2.44. The van der Waals surface area contributed by atoms with Crippen molar-refractivity contribution in [1.29, 1.82) is 0 Å². The third-order valence-electron chi connectivity index (χ3n) is 7.79. The number of ether oxygens (including phenoxy) is 2. The molecule has 0 unspecified atom stereocenters. The first-order chi connectivity index (χ1) is 18.1. The minimum absolute atomic E-state index is 0.0529. The number of nitrogens with zero attached hydrogens (tertiary/aromatic N) is 5. The van der Waals surface area contributed by atoms with E-state index in [1.807, 2.05) is 31.6 Å². The lowest BCUT2D eigenvalue weighted by molar-refractivity contribution is 0.0201. The second-order valence-corrected chi connectivity index (χ2v) is 10.0. The van der Waals surface area contributed by atoms with Gasteiger partial charge in [-0.25, -0.2) is 14.4 Å². The molecule has 5 aromatic rings. The van der Waals surface area contributed by atoms with Crippen molar-refractivity contribution in [3.8, 4) is 16.9 Å². The number of aryl methyl sites for hydroxylation is 1.